The molecule has 3 N–H and O–H groups in total. The number of allylic oxidation sites excluding steroid dienone is 6. The Bertz CT molecular complexity index is 1520. The van der Waals surface area contributed by atoms with Gasteiger partial charge in [-0.05, 0) is 105 Å². The summed E-state index contributed by atoms with van der Waals surface area (Å²) in [4.78, 5) is 42.3. The van der Waals surface area contributed by atoms with Crippen molar-refractivity contribution in [3.05, 3.63) is 58.7 Å². The summed E-state index contributed by atoms with van der Waals surface area (Å²) in [6.45, 7) is 19.7. The Kier molecular flexibility index (Phi) is 11.7. The van der Waals surface area contributed by atoms with Crippen LogP contribution in [-0.4, -0.2) is 45.4 Å². The van der Waals surface area contributed by atoms with Gasteiger partial charge in [-0.25, -0.2) is 0 Å². The highest BCUT2D eigenvalue weighted by atomic mass is 16.3. The van der Waals surface area contributed by atoms with Crippen LogP contribution in [0.1, 0.15) is 133 Å². The lowest BCUT2D eigenvalue weighted by molar-refractivity contribution is -0.140. The van der Waals surface area contributed by atoms with Crippen molar-refractivity contribution < 1.29 is 24.6 Å². The molecule has 2 fully saturated rings. The second-order valence-corrected chi connectivity index (χ2v) is 18.2. The molecule has 1 amide bonds. The Balaban J connectivity index is 1.55. The van der Waals surface area contributed by atoms with Crippen LogP contribution in [0.4, 0.5) is 0 Å². The third-order valence-corrected chi connectivity index (χ3v) is 14.5. The van der Waals surface area contributed by atoms with Crippen molar-refractivity contribution in [2.24, 2.45) is 52.3 Å². The van der Waals surface area contributed by atoms with E-state index in [4.69, 9.17) is 0 Å². The van der Waals surface area contributed by atoms with Crippen LogP contribution in [0.2, 0.25) is 0 Å². The minimum Gasteiger partial charge on any atom is -0.389 e. The fraction of sp³-hybridized carbons (Fsp3) is 0.711. The summed E-state index contributed by atoms with van der Waals surface area (Å²) in [6.07, 6.45) is 21.4. The van der Waals surface area contributed by atoms with E-state index in [2.05, 4.69) is 78.9 Å². The van der Waals surface area contributed by atoms with Gasteiger partial charge in [-0.1, -0.05) is 111 Å². The average molecular weight is 702 g/mol. The molecule has 2 saturated carbocycles. The van der Waals surface area contributed by atoms with E-state index < -0.39 is 34.0 Å². The molecule has 3 unspecified atom stereocenters. The maximum absolute atomic E-state index is 14.9. The van der Waals surface area contributed by atoms with Gasteiger partial charge >= 0.3 is 0 Å². The lowest BCUT2D eigenvalue weighted by Gasteiger charge is -2.63. The van der Waals surface area contributed by atoms with Crippen molar-refractivity contribution in [3.8, 4) is 0 Å². The number of amides is 1. The number of Topliss-reactive ketones (excluding diaryl/α,β-unsaturated/α-hetero) is 1. The highest BCUT2D eigenvalue weighted by Crippen LogP contribution is 2.73. The molecule has 0 spiro atoms. The monoisotopic (exact) mass is 702 g/mol. The van der Waals surface area contributed by atoms with Gasteiger partial charge in [0, 0.05) is 28.1 Å². The molecular formula is C45H67NO5. The van der Waals surface area contributed by atoms with E-state index in [1.54, 1.807) is 12.2 Å². The minimum absolute atomic E-state index is 0.139. The maximum Gasteiger partial charge on any atom is 0.245 e. The predicted molar refractivity (Wildman–Crippen MR) is 206 cm³/mol. The second kappa shape index (κ2) is 15.0. The molecule has 0 aromatic rings. The third kappa shape index (κ3) is 6.86. The number of hydrogen-bond acceptors (Lipinski definition) is 5. The fourth-order valence-electron chi connectivity index (χ4n) is 11.1. The Morgan fingerprint density at radius 3 is 2.43 bits per heavy atom. The van der Waals surface area contributed by atoms with Gasteiger partial charge in [0.05, 0.1) is 11.7 Å². The molecular weight excluding hydrogens is 634 g/mol. The molecule has 6 heteroatoms. The number of aliphatic hydroxyl groups excluding tert-OH is 1. The summed E-state index contributed by atoms with van der Waals surface area (Å²) in [5.74, 6) is 0.492. The van der Waals surface area contributed by atoms with E-state index in [1.165, 1.54) is 31.8 Å². The second-order valence-electron chi connectivity index (χ2n) is 18.2. The molecule has 0 aliphatic heterocycles. The molecule has 51 heavy (non-hydrogen) atoms. The number of ketones is 1. The molecule has 6 nitrogen and oxygen atoms in total. The van der Waals surface area contributed by atoms with Crippen LogP contribution in [0.3, 0.4) is 0 Å². The lowest BCUT2D eigenvalue weighted by Crippen LogP contribution is -2.68. The molecule has 0 aromatic heterocycles. The van der Waals surface area contributed by atoms with Crippen LogP contribution in [0.5, 0.6) is 0 Å². The molecule has 5 aliphatic rings. The summed E-state index contributed by atoms with van der Waals surface area (Å²) in [5.41, 5.74) is -1.43. The Morgan fingerprint density at radius 1 is 1.04 bits per heavy atom. The largest absolute Gasteiger partial charge is 0.389 e. The molecule has 0 radical (unpaired) electrons. The molecule has 0 saturated heterocycles. The van der Waals surface area contributed by atoms with E-state index in [0.717, 1.165) is 31.1 Å². The van der Waals surface area contributed by atoms with Gasteiger partial charge in [0.25, 0.3) is 0 Å². The number of fused-ring (bicyclic) bond motifs is 2. The van der Waals surface area contributed by atoms with Crippen LogP contribution in [0.25, 0.3) is 0 Å². The molecule has 0 heterocycles. The zero-order valence-corrected chi connectivity index (χ0v) is 33.1. The number of carbonyl (C=O) groups excluding carboxylic acids is 3. The standard InChI is InChI=1S/C45H67NO5/c1-10-11-12-13-14-29(4)23-30(5)15-18-38(49)46-44(27-47)26-33-24-36(32(7)17-16-31(6)28(2)3)43(9)22-20-35-39(45(33,43)51)40(44)41(50)37-25-34(48)19-21-42(35,37)8/h15-18,23,25,27-29,31-36,48,51H,10-14,19-22,24,26H2,1-9H3,(H,46,49)/b17-16+,18-15+,30-23+/t29?,31?,32?,33-,34-,35+,36-,42-,43-,44+,45+/m1/s1. The van der Waals surface area contributed by atoms with E-state index in [0.29, 0.717) is 48.2 Å². The van der Waals surface area contributed by atoms with Gasteiger partial charge in [-0.3, -0.25) is 9.59 Å². The first-order chi connectivity index (χ1) is 24.0. The number of hydrogen-bond donors (Lipinski definition) is 3. The van der Waals surface area contributed by atoms with Crippen molar-refractivity contribution in [2.45, 2.75) is 150 Å². The highest BCUT2D eigenvalue weighted by molar-refractivity contribution is 6.16. The van der Waals surface area contributed by atoms with Gasteiger partial charge in [0.1, 0.15) is 11.8 Å². The van der Waals surface area contributed by atoms with Crippen molar-refractivity contribution in [1.29, 1.82) is 0 Å². The number of carbonyl (C=O) groups is 3. The number of aldehydes is 1. The molecule has 11 atom stereocenters. The first-order valence-electron chi connectivity index (χ1n) is 20.2. The van der Waals surface area contributed by atoms with Crippen LogP contribution in [-0.2, 0) is 14.4 Å². The van der Waals surface area contributed by atoms with Gasteiger partial charge in [-0.2, -0.15) is 0 Å². The highest BCUT2D eigenvalue weighted by Gasteiger charge is 2.74. The topological polar surface area (TPSA) is 104 Å². The van der Waals surface area contributed by atoms with Crippen molar-refractivity contribution in [3.63, 3.8) is 0 Å². The summed E-state index contributed by atoms with van der Waals surface area (Å²) < 4.78 is 0. The Morgan fingerprint density at radius 2 is 1.76 bits per heavy atom. The number of unbranched alkanes of at least 4 members (excludes halogenated alkanes) is 3. The van der Waals surface area contributed by atoms with Crippen LogP contribution in [0.15, 0.2) is 58.7 Å². The maximum atomic E-state index is 14.9. The normalized spacial score (nSPS) is 38.1. The first kappa shape index (κ1) is 39.6. The van der Waals surface area contributed by atoms with Crippen LogP contribution >= 0.6 is 0 Å². The SMILES string of the molecule is CCCCCCC(C)/C=C(C)/C=C/C(=O)N[C@]1(C=O)C[C@H]2C[C@H](C(C)/C=C/C(C)C(C)C)[C@@]3(C)CC[C@H]4C(=C1C(=O)C1=C[C@H](O)CC[C@@]14C)[C@@]23O. The summed E-state index contributed by atoms with van der Waals surface area (Å²) in [5, 5.41) is 27.2. The molecule has 0 aromatic carbocycles. The smallest absolute Gasteiger partial charge is 0.245 e. The van der Waals surface area contributed by atoms with Gasteiger partial charge in [0.2, 0.25) is 5.91 Å². The predicted octanol–water partition coefficient (Wildman–Crippen LogP) is 8.79. The summed E-state index contributed by atoms with van der Waals surface area (Å²) in [6, 6.07) is 0. The molecule has 282 valence electrons. The van der Waals surface area contributed by atoms with Gasteiger partial charge in [-0.15, -0.1) is 0 Å². The fourth-order valence-corrected chi connectivity index (χ4v) is 11.1. The quantitative estimate of drug-likeness (QED) is 0.0553. The average Bonchev–Trinajstić information content (AvgIpc) is 3.31. The molecule has 5 aliphatic carbocycles. The Labute approximate surface area is 308 Å². The van der Waals surface area contributed by atoms with E-state index in [-0.39, 0.29) is 41.4 Å². The van der Waals surface area contributed by atoms with Crippen molar-refractivity contribution in [1.82, 2.24) is 5.32 Å². The van der Waals surface area contributed by atoms with E-state index >= 15 is 0 Å². The zero-order valence-electron chi connectivity index (χ0n) is 33.1. The zero-order chi connectivity index (χ0) is 37.5. The lowest BCUT2D eigenvalue weighted by atomic mass is 9.43. The van der Waals surface area contributed by atoms with Crippen molar-refractivity contribution >= 4 is 18.0 Å². The summed E-state index contributed by atoms with van der Waals surface area (Å²) in [7, 11) is 0. The minimum atomic E-state index is -1.57. The van der Waals surface area contributed by atoms with E-state index in [1.807, 2.05) is 6.92 Å². The van der Waals surface area contributed by atoms with E-state index in [9.17, 15) is 24.6 Å². The molecule has 5 rings (SSSR count). The Hall–Kier alpha value is -2.57. The van der Waals surface area contributed by atoms with Gasteiger partial charge in [0.15, 0.2) is 5.78 Å². The molecule has 0 bridgehead atoms. The number of rotatable bonds is 14. The number of aliphatic hydroxyl groups is 2. The first-order valence-corrected chi connectivity index (χ1v) is 20.2. The third-order valence-electron chi connectivity index (χ3n) is 14.5. The van der Waals surface area contributed by atoms with Crippen molar-refractivity contribution in [2.75, 3.05) is 0 Å². The van der Waals surface area contributed by atoms with Crippen LogP contribution < -0.4 is 5.32 Å². The number of nitrogens with one attached hydrogen (secondary N) is 1. The summed E-state index contributed by atoms with van der Waals surface area (Å²) >= 11 is 0. The van der Waals surface area contributed by atoms with Gasteiger partial charge < -0.3 is 20.3 Å². The van der Waals surface area contributed by atoms with Crippen LogP contribution in [0, 0.1) is 52.3 Å².